The molecule has 1 N–H and O–H groups in total. The van der Waals surface area contributed by atoms with E-state index in [2.05, 4.69) is 20.1 Å². The highest BCUT2D eigenvalue weighted by atomic mass is 16.3. The Morgan fingerprint density at radius 2 is 2.07 bits per heavy atom. The smallest absolute Gasteiger partial charge is 0.0922 e. The van der Waals surface area contributed by atoms with Crippen molar-refractivity contribution in [3.05, 3.63) is 36.5 Å². The molecular formula is C14H20O. The summed E-state index contributed by atoms with van der Waals surface area (Å²) in [7, 11) is 0. The number of aliphatic hydroxyl groups is 1. The zero-order chi connectivity index (χ0) is 11.3. The third kappa shape index (κ3) is 1.19. The lowest BCUT2D eigenvalue weighted by molar-refractivity contribution is -0.0440. The van der Waals surface area contributed by atoms with Crippen molar-refractivity contribution < 1.29 is 5.11 Å². The molecule has 0 amide bonds. The average Bonchev–Trinajstić information content (AvgIpc) is 2.21. The molecule has 15 heavy (non-hydrogen) atoms. The Balaban J connectivity index is 2.60. The van der Waals surface area contributed by atoms with E-state index in [1.807, 2.05) is 19.1 Å². The highest BCUT2D eigenvalue weighted by Crippen LogP contribution is 2.58. The third-order valence-corrected chi connectivity index (χ3v) is 4.53. The quantitative estimate of drug-likeness (QED) is 0.685. The minimum absolute atomic E-state index is 0.204. The fourth-order valence-electron chi connectivity index (χ4n) is 3.48. The topological polar surface area (TPSA) is 20.2 Å². The third-order valence-electron chi connectivity index (χ3n) is 4.53. The predicted molar refractivity (Wildman–Crippen MR) is 63.5 cm³/mol. The number of hydrogen-bond donors (Lipinski definition) is 1. The Morgan fingerprint density at radius 3 is 2.60 bits per heavy atom. The van der Waals surface area contributed by atoms with Gasteiger partial charge in [0.25, 0.3) is 0 Å². The van der Waals surface area contributed by atoms with Crippen molar-refractivity contribution in [1.29, 1.82) is 0 Å². The van der Waals surface area contributed by atoms with E-state index in [-0.39, 0.29) is 11.3 Å². The summed E-state index contributed by atoms with van der Waals surface area (Å²) in [5.41, 5.74) is 1.93. The molecule has 1 unspecified atom stereocenters. The average molecular weight is 204 g/mol. The monoisotopic (exact) mass is 204 g/mol. The predicted octanol–water partition coefficient (Wildman–Crippen LogP) is 3.23. The summed E-state index contributed by atoms with van der Waals surface area (Å²) in [6.45, 7) is 12.1. The first kappa shape index (κ1) is 10.7. The minimum atomic E-state index is -0.650. The molecular weight excluding hydrogens is 184 g/mol. The summed E-state index contributed by atoms with van der Waals surface area (Å²) < 4.78 is 0. The summed E-state index contributed by atoms with van der Waals surface area (Å²) in [5.74, 6) is 0.208. The van der Waals surface area contributed by atoms with Gasteiger partial charge in [0.2, 0.25) is 0 Å². The Hall–Kier alpha value is -0.820. The molecule has 3 atom stereocenters. The van der Waals surface area contributed by atoms with Crippen LogP contribution in [0.3, 0.4) is 0 Å². The zero-order valence-electron chi connectivity index (χ0n) is 9.71. The maximum atomic E-state index is 10.7. The van der Waals surface area contributed by atoms with Crippen LogP contribution in [0.4, 0.5) is 0 Å². The molecule has 3 aliphatic carbocycles. The van der Waals surface area contributed by atoms with Gasteiger partial charge in [-0.2, -0.15) is 0 Å². The van der Waals surface area contributed by atoms with E-state index >= 15 is 0 Å². The number of fused-ring (bicyclic) bond motifs is 2. The van der Waals surface area contributed by atoms with E-state index < -0.39 is 5.60 Å². The van der Waals surface area contributed by atoms with Gasteiger partial charge in [0.1, 0.15) is 0 Å². The maximum Gasteiger partial charge on any atom is 0.0922 e. The molecule has 1 saturated carbocycles. The van der Waals surface area contributed by atoms with E-state index in [9.17, 15) is 5.11 Å². The highest BCUT2D eigenvalue weighted by Gasteiger charge is 2.53. The Kier molecular flexibility index (Phi) is 2.20. The maximum absolute atomic E-state index is 10.7. The molecule has 3 aliphatic rings. The van der Waals surface area contributed by atoms with E-state index in [0.29, 0.717) is 0 Å². The first-order valence-corrected chi connectivity index (χ1v) is 5.67. The van der Waals surface area contributed by atoms with Crippen LogP contribution in [-0.2, 0) is 0 Å². The van der Waals surface area contributed by atoms with Gasteiger partial charge in [0.05, 0.1) is 5.60 Å². The second kappa shape index (κ2) is 3.08. The first-order chi connectivity index (χ1) is 6.98. The van der Waals surface area contributed by atoms with Crippen molar-refractivity contribution in [1.82, 2.24) is 0 Å². The van der Waals surface area contributed by atoms with Gasteiger partial charge in [-0.15, -0.1) is 6.58 Å². The molecule has 0 aliphatic heterocycles. The molecule has 1 nitrogen and oxygen atoms in total. The van der Waals surface area contributed by atoms with Gasteiger partial charge in [-0.25, -0.2) is 0 Å². The van der Waals surface area contributed by atoms with Crippen LogP contribution >= 0.6 is 0 Å². The molecule has 1 heteroatoms. The largest absolute Gasteiger partial charge is 0.385 e. The van der Waals surface area contributed by atoms with Crippen LogP contribution in [0.25, 0.3) is 0 Å². The zero-order valence-corrected chi connectivity index (χ0v) is 9.71. The van der Waals surface area contributed by atoms with Gasteiger partial charge < -0.3 is 5.11 Å². The van der Waals surface area contributed by atoms with Crippen molar-refractivity contribution >= 4 is 0 Å². The summed E-state index contributed by atoms with van der Waals surface area (Å²) in [4.78, 5) is 0. The van der Waals surface area contributed by atoms with Crippen LogP contribution in [0.15, 0.2) is 36.5 Å². The molecule has 0 saturated heterocycles. The van der Waals surface area contributed by atoms with Gasteiger partial charge in [0.15, 0.2) is 0 Å². The van der Waals surface area contributed by atoms with Crippen LogP contribution in [-0.4, -0.2) is 10.7 Å². The van der Waals surface area contributed by atoms with Crippen LogP contribution in [0.2, 0.25) is 0 Å². The number of allylic oxidation sites excluding steroid dienone is 2. The van der Waals surface area contributed by atoms with Crippen molar-refractivity contribution in [2.75, 3.05) is 0 Å². The standard InChI is InChI=1S/C14H20O/c1-5-11-9-13(4)7-8-14(11,15)10(3)12(13)6-2/h5-6,11,15H,1-2,7-9H2,3-4H3/t11?,13-,14+/m0/s1. The fourth-order valence-corrected chi connectivity index (χ4v) is 3.48. The highest BCUT2D eigenvalue weighted by molar-refractivity contribution is 5.42. The van der Waals surface area contributed by atoms with Crippen LogP contribution in [0, 0.1) is 11.3 Å². The van der Waals surface area contributed by atoms with Gasteiger partial charge in [-0.1, -0.05) is 25.7 Å². The van der Waals surface area contributed by atoms with Crippen molar-refractivity contribution in [3.8, 4) is 0 Å². The minimum Gasteiger partial charge on any atom is -0.385 e. The molecule has 0 aromatic heterocycles. The van der Waals surface area contributed by atoms with Crippen molar-refractivity contribution in [2.45, 2.75) is 38.7 Å². The molecule has 0 spiro atoms. The molecule has 2 bridgehead atoms. The lowest BCUT2D eigenvalue weighted by Gasteiger charge is -2.54. The molecule has 0 heterocycles. The lowest BCUT2D eigenvalue weighted by Crippen LogP contribution is -2.52. The molecule has 82 valence electrons. The molecule has 0 aromatic rings. The Labute approximate surface area is 92.2 Å². The van der Waals surface area contributed by atoms with Gasteiger partial charge in [0, 0.05) is 5.92 Å². The second-order valence-corrected chi connectivity index (χ2v) is 5.27. The van der Waals surface area contributed by atoms with Gasteiger partial charge in [-0.05, 0) is 42.7 Å². The van der Waals surface area contributed by atoms with Crippen molar-refractivity contribution in [3.63, 3.8) is 0 Å². The number of hydrogen-bond acceptors (Lipinski definition) is 1. The van der Waals surface area contributed by atoms with E-state index in [0.717, 1.165) is 24.8 Å². The lowest BCUT2D eigenvalue weighted by atomic mass is 9.53. The summed E-state index contributed by atoms with van der Waals surface area (Å²) in [6, 6.07) is 0. The van der Waals surface area contributed by atoms with E-state index in [4.69, 9.17) is 0 Å². The van der Waals surface area contributed by atoms with Gasteiger partial charge in [-0.3, -0.25) is 0 Å². The Bertz CT molecular complexity index is 352. The van der Waals surface area contributed by atoms with Crippen LogP contribution in [0.1, 0.15) is 33.1 Å². The molecule has 1 fully saturated rings. The van der Waals surface area contributed by atoms with E-state index in [1.54, 1.807) is 0 Å². The second-order valence-electron chi connectivity index (χ2n) is 5.27. The molecule has 3 rings (SSSR count). The Morgan fingerprint density at radius 1 is 1.40 bits per heavy atom. The molecule has 0 radical (unpaired) electrons. The van der Waals surface area contributed by atoms with Crippen molar-refractivity contribution in [2.24, 2.45) is 11.3 Å². The summed E-state index contributed by atoms with van der Waals surface area (Å²) in [5, 5.41) is 10.7. The normalized spacial score (nSPS) is 44.3. The SMILES string of the molecule is C=CC1=C(C)[C@]2(O)CC[C@@]1(C)CC2C=C. The first-order valence-electron chi connectivity index (χ1n) is 5.67. The summed E-state index contributed by atoms with van der Waals surface area (Å²) >= 11 is 0. The van der Waals surface area contributed by atoms with Crippen LogP contribution in [0.5, 0.6) is 0 Å². The summed E-state index contributed by atoms with van der Waals surface area (Å²) in [6.07, 6.45) is 6.78. The fraction of sp³-hybridized carbons (Fsp3) is 0.571. The van der Waals surface area contributed by atoms with Crippen LogP contribution < -0.4 is 0 Å². The van der Waals surface area contributed by atoms with E-state index in [1.165, 1.54) is 5.57 Å². The number of rotatable bonds is 2. The van der Waals surface area contributed by atoms with Gasteiger partial charge >= 0.3 is 0 Å². The molecule has 0 aromatic carbocycles.